The van der Waals surface area contributed by atoms with E-state index in [9.17, 15) is 0 Å². The van der Waals surface area contributed by atoms with E-state index in [-0.39, 0.29) is 19.0 Å². The van der Waals surface area contributed by atoms with Crippen LogP contribution in [0.15, 0.2) is 0 Å². The standard InChI is InChI=1S/C4H7NO.ClH/c1-2-4(5)3-6;/h1,4,6H,3,5H2;1H/t4-;/m1./s1. The van der Waals surface area contributed by atoms with Crippen molar-refractivity contribution in [2.75, 3.05) is 6.61 Å². The van der Waals surface area contributed by atoms with Crippen molar-refractivity contribution in [3.8, 4) is 12.3 Å². The van der Waals surface area contributed by atoms with Crippen LogP contribution in [0.3, 0.4) is 0 Å². The summed E-state index contributed by atoms with van der Waals surface area (Å²) in [5, 5.41) is 8.07. The normalized spacial score (nSPS) is 11.0. The smallest absolute Gasteiger partial charge is 0.0896 e. The van der Waals surface area contributed by atoms with Crippen molar-refractivity contribution >= 4 is 12.4 Å². The molecule has 42 valence electrons. The summed E-state index contributed by atoms with van der Waals surface area (Å²) in [6.07, 6.45) is 4.75. The average Bonchev–Trinajstić information content (AvgIpc) is 1.65. The highest BCUT2D eigenvalue weighted by atomic mass is 35.5. The van der Waals surface area contributed by atoms with Crippen molar-refractivity contribution in [1.82, 2.24) is 0 Å². The van der Waals surface area contributed by atoms with Crippen LogP contribution in [0.2, 0.25) is 0 Å². The number of hydrogen-bond acceptors (Lipinski definition) is 2. The molecule has 0 spiro atoms. The predicted molar refractivity (Wildman–Crippen MR) is 31.1 cm³/mol. The molecule has 0 aromatic rings. The Morgan fingerprint density at radius 2 is 2.29 bits per heavy atom. The van der Waals surface area contributed by atoms with Gasteiger partial charge in [-0.15, -0.1) is 18.8 Å². The molecule has 0 saturated carbocycles. The molecule has 0 aromatic carbocycles. The Morgan fingerprint density at radius 1 is 1.86 bits per heavy atom. The third kappa shape index (κ3) is 5.77. The Hall–Kier alpha value is -0.230. The molecular weight excluding hydrogens is 114 g/mol. The van der Waals surface area contributed by atoms with Crippen LogP contribution in [-0.2, 0) is 0 Å². The van der Waals surface area contributed by atoms with Gasteiger partial charge in [-0.25, -0.2) is 0 Å². The maximum Gasteiger partial charge on any atom is 0.0896 e. The highest BCUT2D eigenvalue weighted by Gasteiger charge is 1.86. The summed E-state index contributed by atoms with van der Waals surface area (Å²) in [6, 6.07) is -0.481. The molecule has 2 nitrogen and oxygen atoms in total. The van der Waals surface area contributed by atoms with E-state index in [1.54, 1.807) is 0 Å². The molecule has 0 rings (SSSR count). The second-order valence-corrected chi connectivity index (χ2v) is 0.956. The molecule has 1 atom stereocenters. The van der Waals surface area contributed by atoms with Crippen molar-refractivity contribution in [2.45, 2.75) is 6.04 Å². The Morgan fingerprint density at radius 3 is 2.29 bits per heavy atom. The fraction of sp³-hybridized carbons (Fsp3) is 0.500. The topological polar surface area (TPSA) is 46.2 Å². The molecule has 0 bridgehead atoms. The first-order valence-corrected chi connectivity index (χ1v) is 1.64. The van der Waals surface area contributed by atoms with Crippen molar-refractivity contribution < 1.29 is 5.11 Å². The number of aliphatic hydroxyl groups is 1. The van der Waals surface area contributed by atoms with Crippen LogP contribution in [0.4, 0.5) is 0 Å². The second-order valence-electron chi connectivity index (χ2n) is 0.956. The lowest BCUT2D eigenvalue weighted by molar-refractivity contribution is 0.287. The van der Waals surface area contributed by atoms with Crippen LogP contribution in [0.5, 0.6) is 0 Å². The number of terminal acetylenes is 1. The van der Waals surface area contributed by atoms with Crippen molar-refractivity contribution in [3.05, 3.63) is 0 Å². The molecule has 0 unspecified atom stereocenters. The quantitative estimate of drug-likeness (QED) is 0.454. The maximum atomic E-state index is 8.07. The summed E-state index contributed by atoms with van der Waals surface area (Å²) in [5.74, 6) is 2.14. The summed E-state index contributed by atoms with van der Waals surface area (Å²) in [5.41, 5.74) is 4.99. The Bertz CT molecular complexity index is 68.6. The number of aliphatic hydroxyl groups excluding tert-OH is 1. The van der Waals surface area contributed by atoms with Gasteiger partial charge in [0.15, 0.2) is 0 Å². The molecule has 0 aliphatic carbocycles. The monoisotopic (exact) mass is 121 g/mol. The third-order valence-electron chi connectivity index (χ3n) is 0.411. The molecule has 7 heavy (non-hydrogen) atoms. The van der Waals surface area contributed by atoms with Gasteiger partial charge < -0.3 is 10.8 Å². The molecule has 0 radical (unpaired) electrons. The van der Waals surface area contributed by atoms with E-state index in [0.717, 1.165) is 0 Å². The summed E-state index contributed by atoms with van der Waals surface area (Å²) < 4.78 is 0. The number of hydrogen-bond donors (Lipinski definition) is 2. The lowest BCUT2D eigenvalue weighted by Gasteiger charge is -1.91. The Balaban J connectivity index is 0. The van der Waals surface area contributed by atoms with Gasteiger partial charge in [-0.05, 0) is 0 Å². The van der Waals surface area contributed by atoms with E-state index < -0.39 is 6.04 Å². The van der Waals surface area contributed by atoms with Gasteiger partial charge >= 0.3 is 0 Å². The molecule has 0 fully saturated rings. The van der Waals surface area contributed by atoms with Gasteiger partial charge in [0, 0.05) is 0 Å². The van der Waals surface area contributed by atoms with Gasteiger partial charge in [0.05, 0.1) is 12.6 Å². The summed E-state index contributed by atoms with van der Waals surface area (Å²) in [7, 11) is 0. The van der Waals surface area contributed by atoms with E-state index >= 15 is 0 Å². The van der Waals surface area contributed by atoms with Gasteiger partial charge in [-0.2, -0.15) is 0 Å². The first-order valence-electron chi connectivity index (χ1n) is 1.64. The van der Waals surface area contributed by atoms with E-state index in [4.69, 9.17) is 17.3 Å². The molecule has 3 heteroatoms. The van der Waals surface area contributed by atoms with E-state index in [0.29, 0.717) is 0 Å². The van der Waals surface area contributed by atoms with Gasteiger partial charge in [0.2, 0.25) is 0 Å². The Kier molecular flexibility index (Phi) is 8.17. The molecule has 0 amide bonds. The fourth-order valence-electron chi connectivity index (χ4n) is 0.0527. The molecule has 0 aliphatic rings. The van der Waals surface area contributed by atoms with E-state index in [1.807, 2.05) is 0 Å². The number of rotatable bonds is 1. The van der Waals surface area contributed by atoms with Crippen LogP contribution in [0, 0.1) is 12.3 Å². The largest absolute Gasteiger partial charge is 0.394 e. The first-order chi connectivity index (χ1) is 2.81. The molecule has 0 saturated heterocycles. The highest BCUT2D eigenvalue weighted by Crippen LogP contribution is 1.63. The minimum atomic E-state index is -0.481. The minimum Gasteiger partial charge on any atom is -0.394 e. The molecule has 0 aromatic heterocycles. The minimum absolute atomic E-state index is 0. The zero-order valence-corrected chi connectivity index (χ0v) is 4.61. The van der Waals surface area contributed by atoms with Crippen LogP contribution in [-0.4, -0.2) is 17.8 Å². The molecule has 3 N–H and O–H groups in total. The Labute approximate surface area is 49.1 Å². The lowest BCUT2D eigenvalue weighted by Crippen LogP contribution is -2.21. The fourth-order valence-corrected chi connectivity index (χ4v) is 0.0527. The maximum absolute atomic E-state index is 8.07. The number of halogens is 1. The van der Waals surface area contributed by atoms with E-state index in [2.05, 4.69) is 5.92 Å². The molecule has 0 heterocycles. The van der Waals surface area contributed by atoms with Crippen molar-refractivity contribution in [1.29, 1.82) is 0 Å². The summed E-state index contributed by atoms with van der Waals surface area (Å²) in [6.45, 7) is -0.128. The predicted octanol–water partition coefficient (Wildman–Crippen LogP) is -0.639. The average molecular weight is 122 g/mol. The van der Waals surface area contributed by atoms with Crippen molar-refractivity contribution in [2.24, 2.45) is 5.73 Å². The first kappa shape index (κ1) is 9.91. The van der Waals surface area contributed by atoms with Crippen LogP contribution >= 0.6 is 12.4 Å². The summed E-state index contributed by atoms with van der Waals surface area (Å²) in [4.78, 5) is 0. The highest BCUT2D eigenvalue weighted by molar-refractivity contribution is 5.85. The molecule has 0 aliphatic heterocycles. The van der Waals surface area contributed by atoms with Gasteiger partial charge in [0.1, 0.15) is 0 Å². The molecular formula is C4H8ClNO. The van der Waals surface area contributed by atoms with Crippen LogP contribution in [0.1, 0.15) is 0 Å². The van der Waals surface area contributed by atoms with Crippen LogP contribution < -0.4 is 5.73 Å². The third-order valence-corrected chi connectivity index (χ3v) is 0.411. The summed E-state index contributed by atoms with van der Waals surface area (Å²) >= 11 is 0. The second kappa shape index (κ2) is 5.77. The van der Waals surface area contributed by atoms with Gasteiger partial charge in [-0.3, -0.25) is 0 Å². The van der Waals surface area contributed by atoms with E-state index in [1.165, 1.54) is 0 Å². The van der Waals surface area contributed by atoms with Crippen LogP contribution in [0.25, 0.3) is 0 Å². The van der Waals surface area contributed by atoms with Gasteiger partial charge in [-0.1, -0.05) is 5.92 Å². The number of nitrogens with two attached hydrogens (primary N) is 1. The zero-order chi connectivity index (χ0) is 4.99. The lowest BCUT2D eigenvalue weighted by atomic mass is 10.4. The zero-order valence-electron chi connectivity index (χ0n) is 3.79. The van der Waals surface area contributed by atoms with Crippen molar-refractivity contribution in [3.63, 3.8) is 0 Å². The van der Waals surface area contributed by atoms with Gasteiger partial charge in [0.25, 0.3) is 0 Å². The SMILES string of the molecule is C#C[C@@H](N)CO.Cl.